The maximum atomic E-state index is 10.2. The van der Waals surface area contributed by atoms with Gasteiger partial charge in [-0.2, -0.15) is 0 Å². The van der Waals surface area contributed by atoms with Gasteiger partial charge in [-0.05, 0) is 24.3 Å². The average Bonchev–Trinajstić information content (AvgIpc) is 2.31. The fourth-order valence-electron chi connectivity index (χ4n) is 1.04. The molecule has 1 rings (SSSR count). The number of rotatable bonds is 4. The molecule has 15 heavy (non-hydrogen) atoms. The third-order valence-electron chi connectivity index (χ3n) is 1.96. The van der Waals surface area contributed by atoms with Crippen LogP contribution in [0.15, 0.2) is 24.3 Å². The van der Waals surface area contributed by atoms with Crippen LogP contribution in [0.1, 0.15) is 24.2 Å². The van der Waals surface area contributed by atoms with Crippen LogP contribution in [0.4, 0.5) is 0 Å². The summed E-state index contributed by atoms with van der Waals surface area (Å²) in [6.07, 6.45) is 0.805. The van der Waals surface area contributed by atoms with E-state index in [2.05, 4.69) is 13.8 Å². The quantitative estimate of drug-likeness (QED) is 0.620. The van der Waals surface area contributed by atoms with E-state index in [-0.39, 0.29) is 15.4 Å². The molecule has 0 aliphatic heterocycles. The molecule has 0 unspecified atom stereocenters. The third-order valence-corrected chi connectivity index (χ3v) is 4.93. The first-order valence-corrected chi connectivity index (χ1v) is 9.57. The number of methoxy groups -OCH3 is 1. The molecule has 0 atom stereocenters. The Balaban J connectivity index is 0.000000336. The van der Waals surface area contributed by atoms with E-state index in [1.54, 1.807) is 31.4 Å². The van der Waals surface area contributed by atoms with Gasteiger partial charge in [-0.3, -0.25) is 4.79 Å². The van der Waals surface area contributed by atoms with Gasteiger partial charge in [0.2, 0.25) is 0 Å². The van der Waals surface area contributed by atoms with E-state index in [0.29, 0.717) is 5.56 Å². The number of aldehydes is 1. The molecule has 0 heterocycles. The van der Waals surface area contributed by atoms with Crippen molar-refractivity contribution in [1.82, 2.24) is 0 Å². The molecule has 0 fully saturated rings. The van der Waals surface area contributed by atoms with Crippen molar-refractivity contribution in [2.24, 2.45) is 0 Å². The van der Waals surface area contributed by atoms with Gasteiger partial charge in [0.15, 0.2) is 0 Å². The number of ether oxygens (including phenoxy) is 1. The van der Waals surface area contributed by atoms with Crippen LogP contribution in [0.5, 0.6) is 5.75 Å². The van der Waals surface area contributed by atoms with Crippen molar-refractivity contribution in [3.05, 3.63) is 29.8 Å². The number of hydrogen-bond acceptors (Lipinski definition) is 2. The van der Waals surface area contributed by atoms with Gasteiger partial charge in [0.1, 0.15) is 12.0 Å². The van der Waals surface area contributed by atoms with Crippen LogP contribution in [0, 0.1) is 0 Å². The molecule has 0 aromatic heterocycles. The second kappa shape index (κ2) is 9.78. The van der Waals surface area contributed by atoms with Crippen molar-refractivity contribution in [1.29, 1.82) is 0 Å². The predicted octanol–water partition coefficient (Wildman–Crippen LogP) is 2.54. The minimum atomic E-state index is 0.0972. The molecule has 0 aliphatic carbocycles. The Morgan fingerprint density at radius 3 is 2.00 bits per heavy atom. The van der Waals surface area contributed by atoms with E-state index in [1.807, 2.05) is 0 Å². The maximum absolute atomic E-state index is 10.2. The van der Waals surface area contributed by atoms with Gasteiger partial charge in [0.25, 0.3) is 0 Å². The van der Waals surface area contributed by atoms with E-state index in [0.717, 1.165) is 12.0 Å². The first-order chi connectivity index (χ1) is 7.28. The second-order valence-electron chi connectivity index (χ2n) is 3.24. The third kappa shape index (κ3) is 7.20. The number of carbonyl (C=O) groups is 1. The topological polar surface area (TPSA) is 26.3 Å². The first kappa shape index (κ1) is 14.2. The van der Waals surface area contributed by atoms with E-state index in [4.69, 9.17) is 4.74 Å². The molecule has 0 radical (unpaired) electrons. The van der Waals surface area contributed by atoms with Crippen LogP contribution in [0.25, 0.3) is 0 Å². The van der Waals surface area contributed by atoms with Gasteiger partial charge >= 0.3 is 39.8 Å². The molecule has 84 valence electrons. The van der Waals surface area contributed by atoms with Crippen molar-refractivity contribution in [2.45, 2.75) is 24.4 Å². The monoisotopic (exact) mass is 270 g/mol. The minimum absolute atomic E-state index is 0.0972. The number of benzene rings is 1. The molecule has 1 aromatic rings. The Bertz CT molecular complexity index is 255. The summed E-state index contributed by atoms with van der Waals surface area (Å²) in [6.45, 7) is 4.59. The Morgan fingerprint density at radius 2 is 1.73 bits per heavy atom. The summed E-state index contributed by atoms with van der Waals surface area (Å²) in [5, 5.41) is 3.06. The fraction of sp³-hybridized carbons (Fsp3) is 0.417. The molecule has 0 bridgehead atoms. The first-order valence-electron chi connectivity index (χ1n) is 5.37. The molecule has 0 spiro atoms. The average molecular weight is 269 g/mol. The standard InChI is InChI=1S/C8H8O2.C4H12Ge/c1-10-8-4-2-7(6-9)3-5-8;1-3-5-4-2/h2-6H,1H3;3-5H2,1-2H3. The van der Waals surface area contributed by atoms with E-state index >= 15 is 0 Å². The molecule has 3 heteroatoms. The number of hydrogen-bond donors (Lipinski definition) is 0. The van der Waals surface area contributed by atoms with Crippen molar-refractivity contribution >= 4 is 21.7 Å². The van der Waals surface area contributed by atoms with Crippen LogP contribution in [-0.2, 0) is 0 Å². The van der Waals surface area contributed by atoms with E-state index < -0.39 is 0 Å². The second-order valence-corrected chi connectivity index (χ2v) is 8.92. The van der Waals surface area contributed by atoms with Crippen LogP contribution >= 0.6 is 0 Å². The SMILES string of the molecule is COc1ccc(C=O)cc1.C[CH2][GeH2][CH2]C. The molecule has 2 nitrogen and oxygen atoms in total. The summed E-state index contributed by atoms with van der Waals surface area (Å²) >= 11 is 0.0972. The zero-order chi connectivity index (χ0) is 11.5. The zero-order valence-corrected chi connectivity index (χ0v) is 12.8. The summed E-state index contributed by atoms with van der Waals surface area (Å²) in [5.41, 5.74) is 0.667. The Kier molecular flexibility index (Phi) is 9.28. The molecule has 0 saturated heterocycles. The van der Waals surface area contributed by atoms with Crippen LogP contribution < -0.4 is 4.74 Å². The summed E-state index contributed by atoms with van der Waals surface area (Å²) < 4.78 is 4.90. The summed E-state index contributed by atoms with van der Waals surface area (Å²) in [7, 11) is 1.59. The van der Waals surface area contributed by atoms with Gasteiger partial charge in [-0.25, -0.2) is 0 Å². The van der Waals surface area contributed by atoms with Gasteiger partial charge < -0.3 is 4.74 Å². The normalized spacial score (nSPS) is 8.73. The molecular weight excluding hydrogens is 249 g/mol. The Hall–Kier alpha value is -0.767. The van der Waals surface area contributed by atoms with Gasteiger partial charge in [0, 0.05) is 5.56 Å². The predicted molar refractivity (Wildman–Crippen MR) is 67.9 cm³/mol. The molecular formula is C12H20GeO2. The van der Waals surface area contributed by atoms with Gasteiger partial charge in [0.05, 0.1) is 7.11 Å². The van der Waals surface area contributed by atoms with Crippen LogP contribution in [0.3, 0.4) is 0 Å². The summed E-state index contributed by atoms with van der Waals surface area (Å²) in [4.78, 5) is 10.2. The molecule has 0 saturated carbocycles. The zero-order valence-electron chi connectivity index (χ0n) is 9.82. The van der Waals surface area contributed by atoms with Gasteiger partial charge in [-0.1, -0.05) is 0 Å². The fourth-order valence-corrected chi connectivity index (χ4v) is 2.52. The Labute approximate surface area is 98.5 Å². The summed E-state index contributed by atoms with van der Waals surface area (Å²) in [5.74, 6) is 0.769. The van der Waals surface area contributed by atoms with Crippen molar-refractivity contribution in [2.75, 3.05) is 7.11 Å². The van der Waals surface area contributed by atoms with Gasteiger partial charge in [-0.15, -0.1) is 0 Å². The van der Waals surface area contributed by atoms with Crippen molar-refractivity contribution < 1.29 is 9.53 Å². The molecule has 0 N–H and O–H groups in total. The van der Waals surface area contributed by atoms with Crippen LogP contribution in [0.2, 0.25) is 10.5 Å². The summed E-state index contributed by atoms with van der Waals surface area (Å²) in [6, 6.07) is 6.94. The molecule has 0 aliphatic rings. The molecule has 1 aromatic carbocycles. The van der Waals surface area contributed by atoms with Crippen LogP contribution in [-0.4, -0.2) is 28.8 Å². The van der Waals surface area contributed by atoms with E-state index in [1.165, 1.54) is 10.5 Å². The van der Waals surface area contributed by atoms with E-state index in [9.17, 15) is 4.79 Å². The Morgan fingerprint density at radius 1 is 1.20 bits per heavy atom. The van der Waals surface area contributed by atoms with Crippen molar-refractivity contribution in [3.63, 3.8) is 0 Å². The molecule has 0 amide bonds. The number of carbonyl (C=O) groups excluding carboxylic acids is 1. The van der Waals surface area contributed by atoms with Crippen molar-refractivity contribution in [3.8, 4) is 5.75 Å².